The third-order valence-electron chi connectivity index (χ3n) is 4.40. The van der Waals surface area contributed by atoms with Crippen LogP contribution in [0.15, 0.2) is 29.2 Å². The Labute approximate surface area is 157 Å². The Morgan fingerprint density at radius 1 is 1.23 bits per heavy atom. The summed E-state index contributed by atoms with van der Waals surface area (Å²) in [5.41, 5.74) is 0.582. The number of aromatic nitrogens is 2. The maximum atomic E-state index is 12.8. The maximum absolute atomic E-state index is 12.8. The van der Waals surface area contributed by atoms with Crippen LogP contribution in [0.3, 0.4) is 0 Å². The molecule has 0 radical (unpaired) electrons. The van der Waals surface area contributed by atoms with Gasteiger partial charge in [-0.05, 0) is 43.5 Å². The smallest absolute Gasteiger partial charge is 0.243 e. The molecule has 1 aliphatic heterocycles. The van der Waals surface area contributed by atoms with Crippen LogP contribution in [0.25, 0.3) is 0 Å². The molecular weight excluding hydrogens is 372 g/mol. The molecule has 3 rings (SSSR count). The Morgan fingerprint density at radius 2 is 1.88 bits per heavy atom. The molecule has 1 amide bonds. The topological polar surface area (TPSA) is 92.3 Å². The first-order chi connectivity index (χ1) is 12.4. The summed E-state index contributed by atoms with van der Waals surface area (Å²) >= 11 is 1.63. The molecule has 1 fully saturated rings. The molecule has 9 heteroatoms. The Balaban J connectivity index is 1.66. The molecule has 1 aromatic carbocycles. The summed E-state index contributed by atoms with van der Waals surface area (Å²) in [5, 5.41) is 13.1. The van der Waals surface area contributed by atoms with Crippen LogP contribution in [-0.4, -0.2) is 41.9 Å². The summed E-state index contributed by atoms with van der Waals surface area (Å²) in [4.78, 5) is 11.3. The molecule has 140 valence electrons. The molecule has 0 atom stereocenters. The van der Waals surface area contributed by atoms with E-state index in [1.807, 2.05) is 0 Å². The molecule has 0 spiro atoms. The van der Waals surface area contributed by atoms with E-state index < -0.39 is 10.0 Å². The summed E-state index contributed by atoms with van der Waals surface area (Å²) < 4.78 is 27.2. The van der Waals surface area contributed by atoms with E-state index >= 15 is 0 Å². The number of nitrogens with zero attached hydrogens (tertiary/aromatic N) is 3. The summed E-state index contributed by atoms with van der Waals surface area (Å²) in [6.45, 7) is 4.41. The lowest BCUT2D eigenvalue weighted by Crippen LogP contribution is -2.37. The van der Waals surface area contributed by atoms with Crippen molar-refractivity contribution in [2.75, 3.05) is 18.4 Å². The normalized spacial score (nSPS) is 16.5. The van der Waals surface area contributed by atoms with Crippen molar-refractivity contribution < 1.29 is 13.2 Å². The van der Waals surface area contributed by atoms with Crippen LogP contribution in [0.2, 0.25) is 0 Å². The van der Waals surface area contributed by atoms with Crippen molar-refractivity contribution in [3.05, 3.63) is 34.3 Å². The van der Waals surface area contributed by atoms with Gasteiger partial charge in [0.1, 0.15) is 10.0 Å². The Kier molecular flexibility index (Phi) is 5.69. The zero-order valence-corrected chi connectivity index (χ0v) is 16.4. The molecule has 0 aliphatic carbocycles. The molecule has 26 heavy (non-hydrogen) atoms. The second-order valence-corrected chi connectivity index (χ2v) is 9.30. The van der Waals surface area contributed by atoms with Gasteiger partial charge in [-0.15, -0.1) is 21.5 Å². The van der Waals surface area contributed by atoms with E-state index in [2.05, 4.69) is 22.4 Å². The lowest BCUT2D eigenvalue weighted by Gasteiger charge is -2.30. The molecule has 1 aromatic heterocycles. The Hall–Kier alpha value is -1.84. The molecule has 1 saturated heterocycles. The quantitative estimate of drug-likeness (QED) is 0.842. The summed E-state index contributed by atoms with van der Waals surface area (Å²) in [7, 11) is -3.52. The maximum Gasteiger partial charge on any atom is 0.243 e. The third kappa shape index (κ3) is 4.11. The van der Waals surface area contributed by atoms with E-state index in [1.165, 1.54) is 23.4 Å². The minimum absolute atomic E-state index is 0.189. The molecule has 2 heterocycles. The fourth-order valence-corrected chi connectivity index (χ4v) is 5.40. The molecular formula is C17H22N4O3S2. The highest BCUT2D eigenvalue weighted by Crippen LogP contribution is 2.32. The number of benzene rings is 1. The van der Waals surface area contributed by atoms with Gasteiger partial charge in [-0.2, -0.15) is 4.31 Å². The van der Waals surface area contributed by atoms with Crippen LogP contribution in [0.4, 0.5) is 5.69 Å². The zero-order chi connectivity index (χ0) is 18.7. The van der Waals surface area contributed by atoms with Gasteiger partial charge in [0.25, 0.3) is 0 Å². The zero-order valence-electron chi connectivity index (χ0n) is 14.8. The number of carbonyl (C=O) groups is 1. The minimum atomic E-state index is -3.52. The number of amides is 1. The molecule has 0 saturated carbocycles. The van der Waals surface area contributed by atoms with Crippen molar-refractivity contribution in [1.29, 1.82) is 0 Å². The van der Waals surface area contributed by atoms with Gasteiger partial charge in [-0.25, -0.2) is 8.42 Å². The van der Waals surface area contributed by atoms with E-state index in [4.69, 9.17) is 0 Å². The summed E-state index contributed by atoms with van der Waals surface area (Å²) in [6.07, 6.45) is 2.38. The lowest BCUT2D eigenvalue weighted by atomic mass is 9.99. The molecule has 2 aromatic rings. The number of piperidine rings is 1. The third-order valence-corrected chi connectivity index (χ3v) is 7.54. The second kappa shape index (κ2) is 7.81. The predicted octanol–water partition coefficient (Wildman–Crippen LogP) is 2.63. The van der Waals surface area contributed by atoms with Crippen molar-refractivity contribution in [2.24, 2.45) is 0 Å². The van der Waals surface area contributed by atoms with Gasteiger partial charge in [0.05, 0.1) is 4.90 Å². The van der Waals surface area contributed by atoms with Crippen molar-refractivity contribution in [2.45, 2.75) is 43.9 Å². The predicted molar refractivity (Wildman–Crippen MR) is 101 cm³/mol. The van der Waals surface area contributed by atoms with E-state index in [0.29, 0.717) is 18.8 Å². The number of hydrogen-bond donors (Lipinski definition) is 1. The first-order valence-electron chi connectivity index (χ1n) is 8.60. The van der Waals surface area contributed by atoms with Crippen LogP contribution in [0.1, 0.15) is 42.6 Å². The van der Waals surface area contributed by atoms with Crippen molar-refractivity contribution in [1.82, 2.24) is 14.5 Å². The highest BCUT2D eigenvalue weighted by atomic mass is 32.2. The number of hydrogen-bond acceptors (Lipinski definition) is 6. The minimum Gasteiger partial charge on any atom is -0.326 e. The van der Waals surface area contributed by atoms with Gasteiger partial charge in [0.15, 0.2) is 0 Å². The Morgan fingerprint density at radius 3 is 2.42 bits per heavy atom. The van der Waals surface area contributed by atoms with Gasteiger partial charge in [-0.1, -0.05) is 6.92 Å². The SMILES string of the molecule is CCc1nnc(C2CCN(S(=O)(=O)c3ccc(NC(C)=O)cc3)CC2)s1. The van der Waals surface area contributed by atoms with Crippen molar-refractivity contribution in [3.63, 3.8) is 0 Å². The van der Waals surface area contributed by atoms with E-state index in [1.54, 1.807) is 23.5 Å². The van der Waals surface area contributed by atoms with E-state index in [0.717, 1.165) is 29.3 Å². The van der Waals surface area contributed by atoms with Crippen molar-refractivity contribution in [3.8, 4) is 0 Å². The first-order valence-corrected chi connectivity index (χ1v) is 10.9. The number of sulfonamides is 1. The van der Waals surface area contributed by atoms with Gasteiger partial charge in [0.2, 0.25) is 15.9 Å². The van der Waals surface area contributed by atoms with Crippen LogP contribution < -0.4 is 5.32 Å². The summed E-state index contributed by atoms with van der Waals surface area (Å²) in [5.74, 6) is 0.0898. The van der Waals surface area contributed by atoms with Gasteiger partial charge in [0, 0.05) is 31.6 Å². The van der Waals surface area contributed by atoms with Gasteiger partial charge >= 0.3 is 0 Å². The molecule has 0 bridgehead atoms. The molecule has 1 N–H and O–H groups in total. The number of nitrogens with one attached hydrogen (secondary N) is 1. The largest absolute Gasteiger partial charge is 0.326 e. The highest BCUT2D eigenvalue weighted by Gasteiger charge is 2.31. The fourth-order valence-electron chi connectivity index (χ4n) is 2.98. The molecule has 7 nitrogen and oxygen atoms in total. The Bertz CT molecular complexity index is 870. The number of rotatable bonds is 5. The summed E-state index contributed by atoms with van der Waals surface area (Å²) in [6, 6.07) is 6.28. The van der Waals surface area contributed by atoms with Crippen LogP contribution in [0, 0.1) is 0 Å². The monoisotopic (exact) mass is 394 g/mol. The van der Waals surface area contributed by atoms with Crippen LogP contribution >= 0.6 is 11.3 Å². The first kappa shape index (κ1) is 18.9. The fraction of sp³-hybridized carbons (Fsp3) is 0.471. The average molecular weight is 395 g/mol. The molecule has 1 aliphatic rings. The highest BCUT2D eigenvalue weighted by molar-refractivity contribution is 7.89. The molecule has 0 unspecified atom stereocenters. The lowest BCUT2D eigenvalue weighted by molar-refractivity contribution is -0.114. The average Bonchev–Trinajstić information content (AvgIpc) is 3.11. The van der Waals surface area contributed by atoms with Crippen LogP contribution in [0.5, 0.6) is 0 Å². The number of aryl methyl sites for hydroxylation is 1. The van der Waals surface area contributed by atoms with Gasteiger partial charge < -0.3 is 5.32 Å². The number of carbonyl (C=O) groups excluding carboxylic acids is 1. The van der Waals surface area contributed by atoms with Gasteiger partial charge in [-0.3, -0.25) is 4.79 Å². The second-order valence-electron chi connectivity index (χ2n) is 6.27. The van der Waals surface area contributed by atoms with E-state index in [-0.39, 0.29) is 16.7 Å². The van der Waals surface area contributed by atoms with E-state index in [9.17, 15) is 13.2 Å². The standard InChI is InChI=1S/C17H22N4O3S2/c1-3-16-19-20-17(25-16)13-8-10-21(11-9-13)26(23,24)15-6-4-14(5-7-15)18-12(2)22/h4-7,13H,3,8-11H2,1-2H3,(H,18,22). The van der Waals surface area contributed by atoms with Crippen molar-refractivity contribution >= 4 is 33.0 Å². The number of anilines is 1. The van der Waals surface area contributed by atoms with Crippen LogP contribution in [-0.2, 0) is 21.2 Å².